The molecular formula is C25H30Cl2N2O2S. The molecule has 7 heteroatoms. The van der Waals surface area contributed by atoms with Crippen LogP contribution < -0.4 is 5.32 Å². The van der Waals surface area contributed by atoms with E-state index < -0.39 is 6.04 Å². The van der Waals surface area contributed by atoms with Gasteiger partial charge in [0.2, 0.25) is 11.8 Å². The van der Waals surface area contributed by atoms with Gasteiger partial charge in [0.05, 0.1) is 0 Å². The first-order valence-corrected chi connectivity index (χ1v) is 12.9. The van der Waals surface area contributed by atoms with Crippen LogP contribution in [0.1, 0.15) is 51.0 Å². The van der Waals surface area contributed by atoms with Crippen molar-refractivity contribution in [3.63, 3.8) is 0 Å². The van der Waals surface area contributed by atoms with E-state index in [1.807, 2.05) is 30.3 Å². The van der Waals surface area contributed by atoms with Crippen LogP contribution in [0.4, 0.5) is 0 Å². The SMILES string of the molecule is CC(C(=O)NC1CCCCC1)N(Cc1c(Cl)cccc1Cl)C(=O)CCSc1ccccc1. The molecular weight excluding hydrogens is 463 g/mol. The van der Waals surface area contributed by atoms with Crippen molar-refractivity contribution in [2.45, 2.75) is 69.0 Å². The number of amides is 2. The Morgan fingerprint density at radius 1 is 1.03 bits per heavy atom. The summed E-state index contributed by atoms with van der Waals surface area (Å²) in [6.45, 7) is 1.98. The minimum atomic E-state index is -0.613. The maximum Gasteiger partial charge on any atom is 0.242 e. The monoisotopic (exact) mass is 492 g/mol. The second-order valence-corrected chi connectivity index (χ2v) is 10.1. The molecule has 0 bridgehead atoms. The highest BCUT2D eigenvalue weighted by atomic mass is 35.5. The van der Waals surface area contributed by atoms with E-state index in [1.165, 1.54) is 6.42 Å². The minimum absolute atomic E-state index is 0.0873. The molecule has 172 valence electrons. The summed E-state index contributed by atoms with van der Waals surface area (Å²) in [5.74, 6) is 0.423. The van der Waals surface area contributed by atoms with Crippen LogP contribution in [-0.4, -0.2) is 34.6 Å². The lowest BCUT2D eigenvalue weighted by molar-refractivity contribution is -0.140. The molecule has 0 heterocycles. The predicted molar refractivity (Wildman–Crippen MR) is 133 cm³/mol. The summed E-state index contributed by atoms with van der Waals surface area (Å²) >= 11 is 14.4. The highest BCUT2D eigenvalue weighted by molar-refractivity contribution is 7.99. The van der Waals surface area contributed by atoms with Crippen LogP contribution in [0.25, 0.3) is 0 Å². The topological polar surface area (TPSA) is 49.4 Å². The van der Waals surface area contributed by atoms with Crippen molar-refractivity contribution in [1.29, 1.82) is 0 Å². The Hall–Kier alpha value is -1.69. The third-order valence-corrected chi connectivity index (χ3v) is 7.56. The molecule has 3 rings (SSSR count). The number of rotatable bonds is 9. The summed E-state index contributed by atoms with van der Waals surface area (Å²) in [5, 5.41) is 4.14. The maximum absolute atomic E-state index is 13.2. The Morgan fingerprint density at radius 3 is 2.34 bits per heavy atom. The van der Waals surface area contributed by atoms with Crippen LogP contribution in [0.5, 0.6) is 0 Å². The van der Waals surface area contributed by atoms with Crippen molar-refractivity contribution >= 4 is 46.8 Å². The quantitative estimate of drug-likeness (QED) is 0.415. The lowest BCUT2D eigenvalue weighted by Crippen LogP contribution is -2.50. The van der Waals surface area contributed by atoms with Crippen LogP contribution in [0.3, 0.4) is 0 Å². The van der Waals surface area contributed by atoms with Crippen LogP contribution in [-0.2, 0) is 16.1 Å². The lowest BCUT2D eigenvalue weighted by atomic mass is 9.95. The van der Waals surface area contributed by atoms with Gasteiger partial charge in [0.25, 0.3) is 0 Å². The summed E-state index contributed by atoms with van der Waals surface area (Å²) in [6.07, 6.45) is 5.80. The molecule has 0 saturated heterocycles. The van der Waals surface area contributed by atoms with Gasteiger partial charge in [-0.05, 0) is 44.0 Å². The average Bonchev–Trinajstić information content (AvgIpc) is 2.80. The molecule has 32 heavy (non-hydrogen) atoms. The van der Waals surface area contributed by atoms with E-state index in [-0.39, 0.29) is 24.4 Å². The summed E-state index contributed by atoms with van der Waals surface area (Å²) in [7, 11) is 0. The van der Waals surface area contributed by atoms with Crippen LogP contribution in [0, 0.1) is 0 Å². The fourth-order valence-corrected chi connectivity index (χ4v) is 5.30. The van der Waals surface area contributed by atoms with Crippen molar-refractivity contribution < 1.29 is 9.59 Å². The second-order valence-electron chi connectivity index (χ2n) is 8.15. The van der Waals surface area contributed by atoms with Gasteiger partial charge >= 0.3 is 0 Å². The summed E-state index contributed by atoms with van der Waals surface area (Å²) in [4.78, 5) is 29.0. The molecule has 1 fully saturated rings. The summed E-state index contributed by atoms with van der Waals surface area (Å²) in [5.41, 5.74) is 0.664. The number of hydrogen-bond acceptors (Lipinski definition) is 3. The highest BCUT2D eigenvalue weighted by Gasteiger charge is 2.29. The Bertz CT molecular complexity index is 884. The van der Waals surface area contributed by atoms with Crippen LogP contribution in [0.15, 0.2) is 53.4 Å². The zero-order chi connectivity index (χ0) is 22.9. The van der Waals surface area contributed by atoms with Crippen molar-refractivity contribution in [1.82, 2.24) is 10.2 Å². The Balaban J connectivity index is 1.70. The summed E-state index contributed by atoms with van der Waals surface area (Å²) < 4.78 is 0. The molecule has 2 aromatic carbocycles. The molecule has 1 aliphatic carbocycles. The number of halogens is 2. The van der Waals surface area contributed by atoms with Gasteiger partial charge in [0.15, 0.2) is 0 Å². The van der Waals surface area contributed by atoms with Gasteiger partial charge in [-0.25, -0.2) is 0 Å². The number of nitrogens with zero attached hydrogens (tertiary/aromatic N) is 1. The van der Waals surface area contributed by atoms with Crippen molar-refractivity contribution in [2.24, 2.45) is 0 Å². The van der Waals surface area contributed by atoms with Crippen LogP contribution in [0.2, 0.25) is 10.0 Å². The molecule has 1 unspecified atom stereocenters. The largest absolute Gasteiger partial charge is 0.352 e. The predicted octanol–water partition coefficient (Wildman–Crippen LogP) is 6.34. The first-order valence-electron chi connectivity index (χ1n) is 11.2. The van der Waals surface area contributed by atoms with E-state index >= 15 is 0 Å². The maximum atomic E-state index is 13.2. The smallest absolute Gasteiger partial charge is 0.242 e. The van der Waals surface area contributed by atoms with Gasteiger partial charge in [-0.15, -0.1) is 11.8 Å². The molecule has 1 atom stereocenters. The van der Waals surface area contributed by atoms with E-state index in [0.717, 1.165) is 30.6 Å². The Labute approximate surface area is 205 Å². The highest BCUT2D eigenvalue weighted by Crippen LogP contribution is 2.27. The first-order chi connectivity index (χ1) is 15.5. The fraction of sp³-hybridized carbons (Fsp3) is 0.440. The third kappa shape index (κ3) is 7.16. The van der Waals surface area contributed by atoms with E-state index in [1.54, 1.807) is 41.8 Å². The van der Waals surface area contributed by atoms with E-state index in [9.17, 15) is 9.59 Å². The number of hydrogen-bond donors (Lipinski definition) is 1. The minimum Gasteiger partial charge on any atom is -0.352 e. The zero-order valence-corrected chi connectivity index (χ0v) is 20.7. The van der Waals surface area contributed by atoms with Gasteiger partial charge in [0, 0.05) is 45.3 Å². The molecule has 1 saturated carbocycles. The molecule has 0 spiro atoms. The standard InChI is InChI=1S/C25H30Cl2N2O2S/c1-18(25(31)28-19-9-4-2-5-10-19)29(17-21-22(26)13-8-14-23(21)27)24(30)15-16-32-20-11-6-3-7-12-20/h3,6-8,11-14,18-19H,2,4-5,9-10,15-17H2,1H3,(H,28,31). The summed E-state index contributed by atoms with van der Waals surface area (Å²) in [6, 6.07) is 14.8. The molecule has 4 nitrogen and oxygen atoms in total. The van der Waals surface area contributed by atoms with Crippen molar-refractivity contribution in [2.75, 3.05) is 5.75 Å². The van der Waals surface area contributed by atoms with Gasteiger partial charge in [-0.1, -0.05) is 66.7 Å². The van der Waals surface area contributed by atoms with Gasteiger partial charge < -0.3 is 10.2 Å². The normalized spacial score (nSPS) is 15.2. The Morgan fingerprint density at radius 2 is 1.69 bits per heavy atom. The number of nitrogens with one attached hydrogen (secondary N) is 1. The number of carbonyl (C=O) groups is 2. The fourth-order valence-electron chi connectivity index (χ4n) is 3.92. The van der Waals surface area contributed by atoms with E-state index in [4.69, 9.17) is 23.2 Å². The third-order valence-electron chi connectivity index (χ3n) is 5.84. The van der Waals surface area contributed by atoms with Gasteiger partial charge in [-0.3, -0.25) is 9.59 Å². The molecule has 2 aromatic rings. The average molecular weight is 494 g/mol. The van der Waals surface area contributed by atoms with Crippen LogP contribution >= 0.6 is 35.0 Å². The van der Waals surface area contributed by atoms with E-state index in [0.29, 0.717) is 27.8 Å². The molecule has 0 aromatic heterocycles. The van der Waals surface area contributed by atoms with E-state index in [2.05, 4.69) is 5.32 Å². The lowest BCUT2D eigenvalue weighted by Gasteiger charge is -2.31. The molecule has 2 amide bonds. The van der Waals surface area contributed by atoms with Gasteiger partial charge in [-0.2, -0.15) is 0 Å². The number of thioether (sulfide) groups is 1. The van der Waals surface area contributed by atoms with Gasteiger partial charge in [0.1, 0.15) is 6.04 Å². The molecule has 1 N–H and O–H groups in total. The first kappa shape index (κ1) is 24.9. The van der Waals surface area contributed by atoms with Crippen molar-refractivity contribution in [3.8, 4) is 0 Å². The molecule has 0 radical (unpaired) electrons. The zero-order valence-electron chi connectivity index (χ0n) is 18.4. The molecule has 1 aliphatic rings. The number of benzene rings is 2. The van der Waals surface area contributed by atoms with Crippen molar-refractivity contribution in [3.05, 3.63) is 64.1 Å². The Kier molecular flexibility index (Phi) is 9.76. The number of carbonyl (C=O) groups excluding carboxylic acids is 2. The second kappa shape index (κ2) is 12.5. The molecule has 0 aliphatic heterocycles.